The molecule has 0 aromatic heterocycles. The molecule has 0 N–H and O–H groups in total. The fourth-order valence-corrected chi connectivity index (χ4v) is 0. The van der Waals surface area contributed by atoms with E-state index in [0.29, 0.717) is 0 Å². The quantitative estimate of drug-likeness (QED) is 0.341. The van der Waals surface area contributed by atoms with E-state index in [9.17, 15) is 4.79 Å². The summed E-state index contributed by atoms with van der Waals surface area (Å²) in [6.45, 7) is 2.81. The maximum absolute atomic E-state index is 9.59. The molecule has 0 aliphatic heterocycles. The van der Waals surface area contributed by atoms with Crippen molar-refractivity contribution in [3.63, 3.8) is 0 Å². The van der Waals surface area contributed by atoms with Crippen molar-refractivity contribution >= 4 is 12.3 Å². The van der Waals surface area contributed by atoms with Gasteiger partial charge in [-0.1, -0.05) is 0 Å². The van der Waals surface area contributed by atoms with Crippen molar-refractivity contribution in [1.29, 1.82) is 0 Å². The minimum absolute atomic E-state index is 0.245. The Morgan fingerprint density at radius 1 is 1.62 bits per heavy atom. The van der Waals surface area contributed by atoms with Crippen LogP contribution in [-0.4, -0.2) is 19.4 Å². The van der Waals surface area contributed by atoms with Gasteiger partial charge < -0.3 is 9.53 Å². The highest BCUT2D eigenvalue weighted by Crippen LogP contribution is 1.60. The molecule has 0 bridgehead atoms. The Morgan fingerprint density at radius 2 is 1.75 bits per heavy atom. The molecule has 0 amide bonds. The normalized spacial score (nSPS) is 5.88. The largest absolute Gasteiger partial charge is 0.469 e. The van der Waals surface area contributed by atoms with Crippen molar-refractivity contribution < 1.29 is 14.3 Å². The van der Waals surface area contributed by atoms with Gasteiger partial charge in [0.25, 0.3) is 0 Å². The van der Waals surface area contributed by atoms with Crippen molar-refractivity contribution in [2.75, 3.05) is 7.11 Å². The van der Waals surface area contributed by atoms with Crippen LogP contribution < -0.4 is 0 Å². The summed E-state index contributed by atoms with van der Waals surface area (Å²) in [5, 5.41) is 0. The molecule has 0 rings (SSSR count). The molecule has 0 spiro atoms. The molecule has 0 aliphatic rings. The van der Waals surface area contributed by atoms with E-state index in [-0.39, 0.29) is 5.97 Å². The Bertz CT molecular complexity index is 68.1. The molecular weight excluding hydrogens is 108 g/mol. The summed E-state index contributed by atoms with van der Waals surface area (Å²) in [6, 6.07) is 0. The molecule has 0 aromatic carbocycles. The Morgan fingerprint density at radius 3 is 1.75 bits per heavy atom. The maximum Gasteiger partial charge on any atom is 0.302 e. The molecular formula is C5H10O3. The van der Waals surface area contributed by atoms with E-state index in [4.69, 9.17) is 4.79 Å². The van der Waals surface area contributed by atoms with Gasteiger partial charge in [-0.3, -0.25) is 4.79 Å². The molecule has 0 atom stereocenters. The lowest BCUT2D eigenvalue weighted by Gasteiger charge is -1.80. The van der Waals surface area contributed by atoms with Crippen molar-refractivity contribution in [3.8, 4) is 0 Å². The molecule has 0 saturated carbocycles. The number of hydrogen-bond donors (Lipinski definition) is 0. The zero-order valence-corrected chi connectivity index (χ0v) is 5.30. The summed E-state index contributed by atoms with van der Waals surface area (Å²) < 4.78 is 4.11. The molecule has 3 nitrogen and oxygen atoms in total. The Kier molecular flexibility index (Phi) is 12.1. The standard InChI is InChI=1S/C3H6O2.C2H4O/c1-3(4)5-2;1-2-3/h1-2H3;2H,1H3. The van der Waals surface area contributed by atoms with Crippen LogP contribution in [0.2, 0.25) is 0 Å². The average Bonchev–Trinajstić information content (AvgIpc) is 1.69. The fourth-order valence-electron chi connectivity index (χ4n) is 0. The number of carbonyl (C=O) groups excluding carboxylic acids is 2. The van der Waals surface area contributed by atoms with Gasteiger partial charge in [0.05, 0.1) is 7.11 Å². The summed E-state index contributed by atoms with van der Waals surface area (Å²) >= 11 is 0. The molecule has 0 aromatic rings. The summed E-state index contributed by atoms with van der Waals surface area (Å²) in [4.78, 5) is 18.4. The van der Waals surface area contributed by atoms with Crippen LogP contribution in [0.5, 0.6) is 0 Å². The van der Waals surface area contributed by atoms with Crippen LogP contribution in [0, 0.1) is 0 Å². The second-order valence-corrected chi connectivity index (χ2v) is 0.931. The molecule has 0 radical (unpaired) electrons. The Labute approximate surface area is 48.6 Å². The van der Waals surface area contributed by atoms with Crippen molar-refractivity contribution in [3.05, 3.63) is 0 Å². The number of carbonyl (C=O) groups is 2. The number of hydrogen-bond acceptors (Lipinski definition) is 3. The zero-order chi connectivity index (χ0) is 6.99. The van der Waals surface area contributed by atoms with Gasteiger partial charge >= 0.3 is 5.97 Å². The molecule has 3 heteroatoms. The minimum Gasteiger partial charge on any atom is -0.469 e. The molecule has 0 fully saturated rings. The van der Waals surface area contributed by atoms with Crippen LogP contribution in [0.25, 0.3) is 0 Å². The van der Waals surface area contributed by atoms with Gasteiger partial charge in [0.2, 0.25) is 0 Å². The predicted octanol–water partition coefficient (Wildman–Crippen LogP) is 0.385. The SMILES string of the molecule is CC=O.COC(C)=O. The van der Waals surface area contributed by atoms with Crippen LogP contribution in [0.4, 0.5) is 0 Å². The monoisotopic (exact) mass is 118 g/mol. The third kappa shape index (κ3) is 67.8. The number of methoxy groups -OCH3 is 1. The summed E-state index contributed by atoms with van der Waals surface area (Å²) in [5.74, 6) is -0.245. The molecule has 0 unspecified atom stereocenters. The average molecular weight is 118 g/mol. The van der Waals surface area contributed by atoms with Gasteiger partial charge in [-0.15, -0.1) is 0 Å². The van der Waals surface area contributed by atoms with E-state index in [1.807, 2.05) is 0 Å². The predicted molar refractivity (Wildman–Crippen MR) is 29.4 cm³/mol. The van der Waals surface area contributed by atoms with E-state index in [2.05, 4.69) is 4.74 Å². The number of ether oxygens (including phenoxy) is 1. The highest BCUT2D eigenvalue weighted by Gasteiger charge is 1.75. The first kappa shape index (κ1) is 10.2. The first-order chi connectivity index (χ1) is 3.68. The fraction of sp³-hybridized carbons (Fsp3) is 0.600. The summed E-state index contributed by atoms with van der Waals surface area (Å²) in [7, 11) is 1.35. The van der Waals surface area contributed by atoms with E-state index < -0.39 is 0 Å². The zero-order valence-electron chi connectivity index (χ0n) is 5.30. The number of rotatable bonds is 0. The second kappa shape index (κ2) is 9.46. The minimum atomic E-state index is -0.245. The van der Waals surface area contributed by atoms with Gasteiger partial charge in [0.1, 0.15) is 6.29 Å². The first-order valence-corrected chi connectivity index (χ1v) is 2.13. The first-order valence-electron chi connectivity index (χ1n) is 2.13. The van der Waals surface area contributed by atoms with E-state index >= 15 is 0 Å². The molecule has 8 heavy (non-hydrogen) atoms. The third-order valence-corrected chi connectivity index (χ3v) is 0.287. The molecule has 0 aliphatic carbocycles. The van der Waals surface area contributed by atoms with Gasteiger partial charge in [-0.05, 0) is 6.92 Å². The topological polar surface area (TPSA) is 43.4 Å². The van der Waals surface area contributed by atoms with E-state index in [1.165, 1.54) is 21.0 Å². The van der Waals surface area contributed by atoms with E-state index in [1.54, 1.807) is 0 Å². The van der Waals surface area contributed by atoms with Crippen molar-refractivity contribution in [2.45, 2.75) is 13.8 Å². The number of esters is 1. The van der Waals surface area contributed by atoms with Gasteiger partial charge in [0, 0.05) is 6.92 Å². The Balaban J connectivity index is 0. The van der Waals surface area contributed by atoms with Crippen LogP contribution >= 0.6 is 0 Å². The smallest absolute Gasteiger partial charge is 0.302 e. The maximum atomic E-state index is 9.59. The van der Waals surface area contributed by atoms with Crippen LogP contribution in [-0.2, 0) is 14.3 Å². The molecule has 48 valence electrons. The second-order valence-electron chi connectivity index (χ2n) is 0.931. The molecule has 0 heterocycles. The number of aldehydes is 1. The Hall–Kier alpha value is -0.860. The van der Waals surface area contributed by atoms with E-state index in [0.717, 1.165) is 6.29 Å². The highest BCUT2D eigenvalue weighted by molar-refractivity contribution is 5.65. The van der Waals surface area contributed by atoms with Crippen LogP contribution in [0.3, 0.4) is 0 Å². The third-order valence-electron chi connectivity index (χ3n) is 0.287. The lowest BCUT2D eigenvalue weighted by Crippen LogP contribution is -1.88. The summed E-state index contributed by atoms with van der Waals surface area (Å²) in [5.41, 5.74) is 0. The molecule has 0 saturated heterocycles. The van der Waals surface area contributed by atoms with Crippen molar-refractivity contribution in [1.82, 2.24) is 0 Å². The van der Waals surface area contributed by atoms with Crippen LogP contribution in [0.15, 0.2) is 0 Å². The van der Waals surface area contributed by atoms with Gasteiger partial charge in [-0.25, -0.2) is 0 Å². The van der Waals surface area contributed by atoms with Gasteiger partial charge in [0.15, 0.2) is 0 Å². The highest BCUT2D eigenvalue weighted by atomic mass is 16.5. The lowest BCUT2D eigenvalue weighted by molar-refractivity contribution is -0.137. The summed E-state index contributed by atoms with van der Waals surface area (Å²) in [6.07, 6.45) is 0.750. The van der Waals surface area contributed by atoms with Crippen LogP contribution in [0.1, 0.15) is 13.8 Å². The lowest BCUT2D eigenvalue weighted by atomic mass is 10.8. The van der Waals surface area contributed by atoms with Gasteiger partial charge in [-0.2, -0.15) is 0 Å². The van der Waals surface area contributed by atoms with Crippen molar-refractivity contribution in [2.24, 2.45) is 0 Å².